The maximum atomic E-state index is 13.4. The van der Waals surface area contributed by atoms with Gasteiger partial charge in [0, 0.05) is 13.1 Å². The van der Waals surface area contributed by atoms with Crippen LogP contribution in [0.2, 0.25) is 0 Å². The number of nitrogens with zero attached hydrogens (tertiary/aromatic N) is 4. The van der Waals surface area contributed by atoms with Gasteiger partial charge in [-0.25, -0.2) is 0 Å². The zero-order valence-electron chi connectivity index (χ0n) is 14.6. The van der Waals surface area contributed by atoms with Gasteiger partial charge >= 0.3 is 0 Å². The lowest BCUT2D eigenvalue weighted by molar-refractivity contribution is -0.149. The third kappa shape index (κ3) is 2.74. The molecular weight excluding hydrogens is 316 g/mol. The van der Waals surface area contributed by atoms with Crippen molar-refractivity contribution in [2.75, 3.05) is 19.7 Å². The van der Waals surface area contributed by atoms with Crippen LogP contribution in [0.4, 0.5) is 0 Å². The van der Waals surface area contributed by atoms with Crippen LogP contribution in [0, 0.1) is 0 Å². The van der Waals surface area contributed by atoms with Crippen molar-refractivity contribution in [3.8, 4) is 0 Å². The number of carbonyl (C=O) groups is 1. The van der Waals surface area contributed by atoms with Gasteiger partial charge in [-0.1, -0.05) is 36.8 Å². The molecule has 0 radical (unpaired) electrons. The van der Waals surface area contributed by atoms with Crippen molar-refractivity contribution in [1.82, 2.24) is 19.7 Å². The molecule has 2 aliphatic rings. The molecule has 4 rings (SSSR count). The molecular formula is C19H24N4O2. The van der Waals surface area contributed by atoms with Gasteiger partial charge in [0.2, 0.25) is 5.91 Å². The number of hydrogen-bond acceptors (Lipinski definition) is 4. The third-order valence-corrected chi connectivity index (χ3v) is 5.57. The molecule has 2 fully saturated rings. The highest BCUT2D eigenvalue weighted by molar-refractivity contribution is 5.89. The van der Waals surface area contributed by atoms with Crippen LogP contribution >= 0.6 is 0 Å². The van der Waals surface area contributed by atoms with Crippen molar-refractivity contribution >= 4 is 5.91 Å². The molecule has 1 saturated heterocycles. The van der Waals surface area contributed by atoms with Gasteiger partial charge in [0.25, 0.3) is 0 Å². The van der Waals surface area contributed by atoms with Gasteiger partial charge in [0.05, 0.1) is 18.6 Å². The van der Waals surface area contributed by atoms with Crippen molar-refractivity contribution in [3.05, 3.63) is 48.0 Å². The van der Waals surface area contributed by atoms with Gasteiger partial charge < -0.3 is 14.2 Å². The second kappa shape index (κ2) is 6.59. The summed E-state index contributed by atoms with van der Waals surface area (Å²) in [6.45, 7) is 4.58. The van der Waals surface area contributed by atoms with Crippen LogP contribution in [-0.2, 0) is 21.5 Å². The van der Waals surface area contributed by atoms with E-state index in [4.69, 9.17) is 4.74 Å². The van der Waals surface area contributed by atoms with E-state index in [0.29, 0.717) is 19.7 Å². The summed E-state index contributed by atoms with van der Waals surface area (Å²) in [6, 6.07) is 10.2. The first-order valence-electron chi connectivity index (χ1n) is 9.09. The predicted molar refractivity (Wildman–Crippen MR) is 92.9 cm³/mol. The molecule has 1 atom stereocenters. The Hall–Kier alpha value is -2.21. The molecule has 1 saturated carbocycles. The van der Waals surface area contributed by atoms with Gasteiger partial charge in [0.1, 0.15) is 12.4 Å². The monoisotopic (exact) mass is 340 g/mol. The van der Waals surface area contributed by atoms with Crippen LogP contribution in [0.25, 0.3) is 0 Å². The van der Waals surface area contributed by atoms with Crippen LogP contribution < -0.4 is 0 Å². The van der Waals surface area contributed by atoms with Crippen molar-refractivity contribution in [1.29, 1.82) is 0 Å². The number of amides is 1. The molecule has 1 amide bonds. The lowest BCUT2D eigenvalue weighted by Gasteiger charge is -2.45. The Bertz CT molecular complexity index is 739. The first-order valence-corrected chi connectivity index (χ1v) is 9.09. The Morgan fingerprint density at radius 3 is 2.80 bits per heavy atom. The molecule has 1 aliphatic carbocycles. The van der Waals surface area contributed by atoms with Crippen molar-refractivity contribution in [2.45, 2.75) is 44.2 Å². The largest absolute Gasteiger partial charge is 0.366 e. The Kier molecular flexibility index (Phi) is 4.29. The minimum Gasteiger partial charge on any atom is -0.366 e. The fourth-order valence-corrected chi connectivity index (χ4v) is 3.96. The molecule has 1 aromatic carbocycles. The third-order valence-electron chi connectivity index (χ3n) is 5.57. The maximum Gasteiger partial charge on any atom is 0.233 e. The second-order valence-electron chi connectivity index (χ2n) is 6.89. The summed E-state index contributed by atoms with van der Waals surface area (Å²) >= 11 is 0. The highest BCUT2D eigenvalue weighted by Crippen LogP contribution is 2.45. The van der Waals surface area contributed by atoms with E-state index in [0.717, 1.165) is 37.2 Å². The van der Waals surface area contributed by atoms with E-state index >= 15 is 0 Å². The summed E-state index contributed by atoms with van der Waals surface area (Å²) < 4.78 is 7.88. The Balaban J connectivity index is 1.56. The number of morpholine rings is 1. The predicted octanol–water partition coefficient (Wildman–Crippen LogP) is 2.32. The molecule has 0 unspecified atom stereocenters. The fraction of sp³-hybridized carbons (Fsp3) is 0.526. The normalized spacial score (nSPS) is 22.4. The van der Waals surface area contributed by atoms with E-state index in [9.17, 15) is 4.79 Å². The average molecular weight is 340 g/mol. The SMILES string of the molecule is CCn1cnnc1[C@H]1CN(C(=O)C2(c3ccccc3)CCC2)CCO1. The van der Waals surface area contributed by atoms with Crippen molar-refractivity contribution in [2.24, 2.45) is 0 Å². The number of aromatic nitrogens is 3. The maximum absolute atomic E-state index is 13.4. The summed E-state index contributed by atoms with van der Waals surface area (Å²) in [5.74, 6) is 1.04. The highest BCUT2D eigenvalue weighted by Gasteiger charge is 2.48. The lowest BCUT2D eigenvalue weighted by Crippen LogP contribution is -2.54. The standard InChI is InChI=1S/C19H24N4O2/c1-2-22-14-20-21-17(22)16-13-23(11-12-25-16)18(24)19(9-6-10-19)15-7-4-3-5-8-15/h3-5,7-8,14,16H,2,6,9-13H2,1H3/t16-/m1/s1. The zero-order chi connectivity index (χ0) is 17.3. The highest BCUT2D eigenvalue weighted by atomic mass is 16.5. The Morgan fingerprint density at radius 1 is 1.32 bits per heavy atom. The first-order chi connectivity index (χ1) is 12.2. The average Bonchev–Trinajstić information content (AvgIpc) is 3.10. The molecule has 1 aliphatic heterocycles. The van der Waals surface area contributed by atoms with Gasteiger partial charge in [-0.15, -0.1) is 10.2 Å². The molecule has 2 aromatic rings. The van der Waals surface area contributed by atoms with E-state index in [2.05, 4.69) is 29.3 Å². The van der Waals surface area contributed by atoms with Crippen LogP contribution in [0.3, 0.4) is 0 Å². The summed E-state index contributed by atoms with van der Waals surface area (Å²) in [6.07, 6.45) is 4.49. The molecule has 6 heteroatoms. The van der Waals surface area contributed by atoms with Gasteiger partial charge in [0.15, 0.2) is 5.82 Å². The Morgan fingerprint density at radius 2 is 2.12 bits per heavy atom. The van der Waals surface area contributed by atoms with Crippen LogP contribution in [0.1, 0.15) is 43.7 Å². The van der Waals surface area contributed by atoms with E-state index in [1.165, 1.54) is 0 Å². The van der Waals surface area contributed by atoms with E-state index in [1.54, 1.807) is 6.33 Å². The fourth-order valence-electron chi connectivity index (χ4n) is 3.96. The lowest BCUT2D eigenvalue weighted by atomic mass is 9.63. The van der Waals surface area contributed by atoms with E-state index in [1.807, 2.05) is 27.7 Å². The number of ether oxygens (including phenoxy) is 1. The van der Waals surface area contributed by atoms with Gasteiger partial charge in [-0.2, -0.15) is 0 Å². The minimum atomic E-state index is -0.346. The van der Waals surface area contributed by atoms with Crippen LogP contribution in [-0.4, -0.2) is 45.3 Å². The first kappa shape index (κ1) is 16.3. The van der Waals surface area contributed by atoms with Crippen LogP contribution in [0.15, 0.2) is 36.7 Å². The number of rotatable bonds is 4. The van der Waals surface area contributed by atoms with Crippen LogP contribution in [0.5, 0.6) is 0 Å². The van der Waals surface area contributed by atoms with Crippen molar-refractivity contribution in [3.63, 3.8) is 0 Å². The molecule has 0 N–H and O–H groups in total. The zero-order valence-corrected chi connectivity index (χ0v) is 14.6. The summed E-state index contributed by atoms with van der Waals surface area (Å²) in [7, 11) is 0. The molecule has 132 valence electrons. The van der Waals surface area contributed by atoms with Gasteiger partial charge in [-0.05, 0) is 25.3 Å². The Labute approximate surface area is 147 Å². The topological polar surface area (TPSA) is 60.2 Å². The molecule has 6 nitrogen and oxygen atoms in total. The smallest absolute Gasteiger partial charge is 0.233 e. The summed E-state index contributed by atoms with van der Waals surface area (Å²) in [4.78, 5) is 15.4. The van der Waals surface area contributed by atoms with E-state index in [-0.39, 0.29) is 17.4 Å². The number of aryl methyl sites for hydroxylation is 1. The number of hydrogen-bond donors (Lipinski definition) is 0. The van der Waals surface area contributed by atoms with Gasteiger partial charge in [-0.3, -0.25) is 4.79 Å². The van der Waals surface area contributed by atoms with E-state index < -0.39 is 0 Å². The molecule has 0 spiro atoms. The quantitative estimate of drug-likeness (QED) is 0.857. The summed E-state index contributed by atoms with van der Waals surface area (Å²) in [5.41, 5.74) is 0.799. The number of carbonyl (C=O) groups excluding carboxylic acids is 1. The second-order valence-corrected chi connectivity index (χ2v) is 6.89. The minimum absolute atomic E-state index is 0.201. The molecule has 25 heavy (non-hydrogen) atoms. The molecule has 1 aromatic heterocycles. The summed E-state index contributed by atoms with van der Waals surface area (Å²) in [5, 5.41) is 8.20. The van der Waals surface area contributed by atoms with Crippen molar-refractivity contribution < 1.29 is 9.53 Å². The number of benzene rings is 1. The molecule has 0 bridgehead atoms. The molecule has 2 heterocycles.